The number of oxazole rings is 1. The van der Waals surface area contributed by atoms with E-state index in [9.17, 15) is 4.79 Å². The molecule has 9 heteroatoms. The Morgan fingerprint density at radius 2 is 2.06 bits per heavy atom. The molecule has 3 N–H and O–H groups in total. The van der Waals surface area contributed by atoms with Crippen LogP contribution in [0.4, 0.5) is 17.4 Å². The van der Waals surface area contributed by atoms with E-state index < -0.39 is 0 Å². The molecule has 1 aromatic carbocycles. The third-order valence-electron chi connectivity index (χ3n) is 6.19. The molecule has 0 bridgehead atoms. The van der Waals surface area contributed by atoms with Crippen LogP contribution < -0.4 is 20.9 Å². The van der Waals surface area contributed by atoms with E-state index in [2.05, 4.69) is 26.4 Å². The fourth-order valence-corrected chi connectivity index (χ4v) is 4.26. The largest absolute Gasteiger partial charge is 0.431 e. The van der Waals surface area contributed by atoms with Crippen LogP contribution >= 0.6 is 0 Å². The van der Waals surface area contributed by atoms with E-state index in [1.165, 1.54) is 12.7 Å². The number of carbonyl (C=O) groups excluding carboxylic acids is 1. The Hall–Kier alpha value is -3.75. The van der Waals surface area contributed by atoms with Crippen LogP contribution in [0.1, 0.15) is 36.7 Å². The summed E-state index contributed by atoms with van der Waals surface area (Å²) < 4.78 is 7.41. The fraction of sp³-hybridized carbons (Fsp3) is 0.348. The second kappa shape index (κ2) is 8.07. The molecule has 0 saturated carbocycles. The van der Waals surface area contributed by atoms with Crippen molar-refractivity contribution in [3.63, 3.8) is 0 Å². The van der Waals surface area contributed by atoms with E-state index in [0.29, 0.717) is 11.7 Å². The monoisotopic (exact) mass is 433 g/mol. The Morgan fingerprint density at radius 1 is 1.25 bits per heavy atom. The van der Waals surface area contributed by atoms with Crippen molar-refractivity contribution in [2.24, 2.45) is 12.8 Å². The number of benzene rings is 1. The van der Waals surface area contributed by atoms with Gasteiger partial charge in [0.2, 0.25) is 0 Å². The molecule has 1 atom stereocenters. The number of piperidine rings is 1. The molecule has 4 heterocycles. The maximum Gasteiger partial charge on any atom is 0.302 e. The zero-order valence-corrected chi connectivity index (χ0v) is 18.3. The molecule has 2 aromatic heterocycles. The molecule has 1 amide bonds. The van der Waals surface area contributed by atoms with Crippen molar-refractivity contribution in [3.05, 3.63) is 54.3 Å². The van der Waals surface area contributed by atoms with E-state index in [4.69, 9.17) is 10.2 Å². The van der Waals surface area contributed by atoms with Crippen LogP contribution in [0, 0.1) is 0 Å². The number of hydrogen-bond acceptors (Lipinski definition) is 7. The van der Waals surface area contributed by atoms with Gasteiger partial charge < -0.3 is 20.4 Å². The third kappa shape index (κ3) is 3.59. The summed E-state index contributed by atoms with van der Waals surface area (Å²) in [6.45, 7) is 3.89. The topological polar surface area (TPSA) is 105 Å². The van der Waals surface area contributed by atoms with Crippen LogP contribution in [-0.4, -0.2) is 39.8 Å². The molecule has 32 heavy (non-hydrogen) atoms. The van der Waals surface area contributed by atoms with Gasteiger partial charge in [-0.25, -0.2) is 0 Å². The first-order valence-corrected chi connectivity index (χ1v) is 10.9. The first kappa shape index (κ1) is 20.2. The number of nitrogens with two attached hydrogens (primary N) is 1. The van der Waals surface area contributed by atoms with Gasteiger partial charge in [0, 0.05) is 37.4 Å². The average molecular weight is 434 g/mol. The summed E-state index contributed by atoms with van der Waals surface area (Å²) in [5.74, 6) is -0.322. The zero-order chi connectivity index (χ0) is 22.2. The lowest BCUT2D eigenvalue weighted by Crippen LogP contribution is -2.34. The molecular formula is C23H27N7O2. The number of anilines is 3. The molecule has 166 valence electrons. The van der Waals surface area contributed by atoms with Crippen LogP contribution in [0.3, 0.4) is 0 Å². The lowest BCUT2D eigenvalue weighted by molar-refractivity contribution is 0.102. The Bertz CT molecular complexity index is 1220. The summed E-state index contributed by atoms with van der Waals surface area (Å²) in [5.41, 5.74) is 9.64. The number of hydrogen-bond donors (Lipinski definition) is 2. The minimum Gasteiger partial charge on any atom is -0.431 e. The van der Waals surface area contributed by atoms with Crippen LogP contribution in [0.2, 0.25) is 0 Å². The van der Waals surface area contributed by atoms with Gasteiger partial charge in [0.25, 0.3) is 5.91 Å². The highest BCUT2D eigenvalue weighted by atomic mass is 16.4. The third-order valence-corrected chi connectivity index (χ3v) is 6.19. The number of aryl methyl sites for hydroxylation is 1. The number of carbonyl (C=O) groups is 1. The maximum atomic E-state index is 13.1. The van der Waals surface area contributed by atoms with Crippen molar-refractivity contribution < 1.29 is 9.21 Å². The molecule has 0 aliphatic carbocycles. The van der Waals surface area contributed by atoms with Crippen molar-refractivity contribution in [3.8, 4) is 0 Å². The van der Waals surface area contributed by atoms with E-state index in [1.807, 2.05) is 44.6 Å². The Balaban J connectivity index is 1.43. The van der Waals surface area contributed by atoms with Crippen molar-refractivity contribution in [2.75, 3.05) is 28.2 Å². The molecular weight excluding hydrogens is 406 g/mol. The number of amides is 1. The van der Waals surface area contributed by atoms with Gasteiger partial charge in [0.15, 0.2) is 5.69 Å². The molecule has 3 aromatic rings. The smallest absolute Gasteiger partial charge is 0.302 e. The molecule has 1 fully saturated rings. The van der Waals surface area contributed by atoms with Crippen molar-refractivity contribution in [1.29, 1.82) is 0 Å². The summed E-state index contributed by atoms with van der Waals surface area (Å²) in [7, 11) is 1.89. The SMILES string of the molecule is C[C@H]1C(N)=CC=CN1c1nc(C(=O)Nc2cc3c(cnn3C)cc2N2CCCCC2)co1. The van der Waals surface area contributed by atoms with Crippen LogP contribution in [0.5, 0.6) is 0 Å². The van der Waals surface area contributed by atoms with Crippen LogP contribution in [0.15, 0.2) is 53.1 Å². The maximum absolute atomic E-state index is 13.1. The quantitative estimate of drug-likeness (QED) is 0.650. The molecule has 5 rings (SSSR count). The van der Waals surface area contributed by atoms with Crippen LogP contribution in [0.25, 0.3) is 10.9 Å². The summed E-state index contributed by atoms with van der Waals surface area (Å²) in [6, 6.07) is 4.31. The van der Waals surface area contributed by atoms with Gasteiger partial charge in [-0.3, -0.25) is 14.4 Å². The van der Waals surface area contributed by atoms with Gasteiger partial charge in [-0.05, 0) is 50.5 Å². The van der Waals surface area contributed by atoms with Gasteiger partial charge in [-0.1, -0.05) is 0 Å². The summed E-state index contributed by atoms with van der Waals surface area (Å²) in [5, 5.41) is 8.46. The highest BCUT2D eigenvalue weighted by Crippen LogP contribution is 2.33. The van der Waals surface area contributed by atoms with Crippen molar-refractivity contribution in [2.45, 2.75) is 32.2 Å². The van der Waals surface area contributed by atoms with E-state index >= 15 is 0 Å². The number of nitrogens with zero attached hydrogens (tertiary/aromatic N) is 5. The lowest BCUT2D eigenvalue weighted by atomic mass is 10.1. The zero-order valence-electron chi connectivity index (χ0n) is 18.3. The molecule has 9 nitrogen and oxygen atoms in total. The predicted octanol–water partition coefficient (Wildman–Crippen LogP) is 3.37. The highest BCUT2D eigenvalue weighted by Gasteiger charge is 2.24. The first-order chi connectivity index (χ1) is 15.5. The number of aromatic nitrogens is 3. The Kier molecular flexibility index (Phi) is 5.08. The fourth-order valence-electron chi connectivity index (χ4n) is 4.26. The van der Waals surface area contributed by atoms with Gasteiger partial charge in [0.05, 0.1) is 29.1 Å². The summed E-state index contributed by atoms with van der Waals surface area (Å²) in [6.07, 6.45) is 12.3. The van der Waals surface area contributed by atoms with Crippen molar-refractivity contribution in [1.82, 2.24) is 14.8 Å². The first-order valence-electron chi connectivity index (χ1n) is 10.9. The molecule has 2 aliphatic heterocycles. The second-order valence-electron chi connectivity index (χ2n) is 8.30. The molecule has 0 spiro atoms. The summed E-state index contributed by atoms with van der Waals surface area (Å²) in [4.78, 5) is 21.6. The summed E-state index contributed by atoms with van der Waals surface area (Å²) >= 11 is 0. The lowest BCUT2D eigenvalue weighted by Gasteiger charge is -2.30. The molecule has 1 saturated heterocycles. The number of fused-ring (bicyclic) bond motifs is 1. The Morgan fingerprint density at radius 3 is 2.88 bits per heavy atom. The van der Waals surface area contributed by atoms with Gasteiger partial charge in [-0.2, -0.15) is 10.1 Å². The molecule has 0 radical (unpaired) electrons. The minimum atomic E-state index is -0.322. The Labute approximate surface area is 186 Å². The van der Waals surface area contributed by atoms with E-state index in [-0.39, 0.29) is 17.6 Å². The number of allylic oxidation sites excluding steroid dienone is 2. The predicted molar refractivity (Wildman–Crippen MR) is 125 cm³/mol. The normalized spacial score (nSPS) is 18.8. The number of rotatable bonds is 4. The van der Waals surface area contributed by atoms with Gasteiger partial charge in [0.1, 0.15) is 6.26 Å². The number of nitrogens with one attached hydrogen (secondary N) is 1. The van der Waals surface area contributed by atoms with Gasteiger partial charge >= 0.3 is 6.01 Å². The van der Waals surface area contributed by atoms with E-state index in [1.54, 1.807) is 9.58 Å². The van der Waals surface area contributed by atoms with Crippen molar-refractivity contribution >= 4 is 34.2 Å². The standard InChI is InChI=1S/C23H27N7O2/c1-15-17(24)7-6-10-30(15)23-27-19(14-32-23)22(31)26-18-12-20-16(13-25-28(20)2)11-21(18)29-8-4-3-5-9-29/h6-7,10-15H,3-5,8-9,24H2,1-2H3,(H,26,31)/t15-/m0/s1. The minimum absolute atomic E-state index is 0.104. The second-order valence-corrected chi connectivity index (χ2v) is 8.30. The average Bonchev–Trinajstić information content (AvgIpc) is 3.43. The van der Waals surface area contributed by atoms with Crippen LogP contribution in [-0.2, 0) is 7.05 Å². The highest BCUT2D eigenvalue weighted by molar-refractivity contribution is 6.06. The molecule has 2 aliphatic rings. The van der Waals surface area contributed by atoms with Gasteiger partial charge in [-0.15, -0.1) is 0 Å². The van der Waals surface area contributed by atoms with E-state index in [0.717, 1.165) is 48.2 Å². The molecule has 0 unspecified atom stereocenters.